The summed E-state index contributed by atoms with van der Waals surface area (Å²) >= 11 is 0. The van der Waals surface area contributed by atoms with Crippen LogP contribution in [0.5, 0.6) is 0 Å². The summed E-state index contributed by atoms with van der Waals surface area (Å²) in [5, 5.41) is 17.2. The number of nitrogens with zero attached hydrogens (tertiary/aromatic N) is 5. The first-order valence-corrected chi connectivity index (χ1v) is 8.52. The molecule has 0 radical (unpaired) electrons. The number of hydrogen-bond donors (Lipinski definition) is 1. The van der Waals surface area contributed by atoms with Gasteiger partial charge in [0.25, 0.3) is 5.91 Å². The van der Waals surface area contributed by atoms with Gasteiger partial charge >= 0.3 is 0 Å². The number of aromatic nitrogens is 4. The minimum atomic E-state index is -0.406. The van der Waals surface area contributed by atoms with Crippen molar-refractivity contribution in [1.82, 2.24) is 24.6 Å². The topological polar surface area (TPSA) is 84.1 Å². The van der Waals surface area contributed by atoms with Crippen LogP contribution in [0.15, 0.2) is 49.1 Å². The number of β-amino-alcohol motifs (C(OH)–C–C–N with tert-alkyl or cyclic N) is 1. The molecule has 1 aliphatic heterocycles. The van der Waals surface area contributed by atoms with Crippen LogP contribution in [-0.4, -0.2) is 54.9 Å². The second-order valence-electron chi connectivity index (χ2n) is 6.44. The molecule has 1 amide bonds. The van der Waals surface area contributed by atoms with E-state index in [1.807, 2.05) is 43.3 Å². The van der Waals surface area contributed by atoms with Crippen molar-refractivity contribution in [2.75, 3.05) is 13.1 Å². The van der Waals surface area contributed by atoms with E-state index in [0.29, 0.717) is 25.1 Å². The van der Waals surface area contributed by atoms with Crippen LogP contribution in [0.3, 0.4) is 0 Å². The second kappa shape index (κ2) is 6.68. The lowest BCUT2D eigenvalue weighted by Crippen LogP contribution is -2.29. The summed E-state index contributed by atoms with van der Waals surface area (Å²) in [7, 11) is 0. The quantitative estimate of drug-likeness (QED) is 0.780. The van der Waals surface area contributed by atoms with Crippen LogP contribution >= 0.6 is 0 Å². The monoisotopic (exact) mass is 349 g/mol. The number of amides is 1. The Morgan fingerprint density at radius 1 is 1.12 bits per heavy atom. The van der Waals surface area contributed by atoms with E-state index in [0.717, 1.165) is 22.6 Å². The lowest BCUT2D eigenvalue weighted by molar-refractivity contribution is 0.0765. The van der Waals surface area contributed by atoms with Crippen molar-refractivity contribution in [1.29, 1.82) is 0 Å². The van der Waals surface area contributed by atoms with Crippen LogP contribution in [0.4, 0.5) is 0 Å². The molecule has 1 aromatic carbocycles. The number of rotatable bonds is 3. The Labute approximate surface area is 150 Å². The van der Waals surface area contributed by atoms with Crippen LogP contribution < -0.4 is 0 Å². The molecule has 1 fully saturated rings. The van der Waals surface area contributed by atoms with Crippen molar-refractivity contribution in [2.24, 2.45) is 0 Å². The first-order chi connectivity index (χ1) is 12.6. The van der Waals surface area contributed by atoms with Gasteiger partial charge in [-0.2, -0.15) is 0 Å². The van der Waals surface area contributed by atoms with Gasteiger partial charge in [-0.05, 0) is 43.2 Å². The number of aliphatic hydroxyl groups excluding tert-OH is 1. The zero-order valence-electron chi connectivity index (χ0n) is 14.4. The molecule has 7 nitrogen and oxygen atoms in total. The average molecular weight is 349 g/mol. The molecule has 4 rings (SSSR count). The minimum Gasteiger partial charge on any atom is -0.391 e. The van der Waals surface area contributed by atoms with Crippen LogP contribution in [0.1, 0.15) is 22.5 Å². The van der Waals surface area contributed by atoms with E-state index in [4.69, 9.17) is 0 Å². The van der Waals surface area contributed by atoms with E-state index < -0.39 is 6.10 Å². The largest absolute Gasteiger partial charge is 0.391 e. The number of likely N-dealkylation sites (tertiary alicyclic amines) is 1. The van der Waals surface area contributed by atoms with Gasteiger partial charge in [-0.1, -0.05) is 12.1 Å². The molecule has 0 saturated carbocycles. The summed E-state index contributed by atoms with van der Waals surface area (Å²) in [6.45, 7) is 2.97. The van der Waals surface area contributed by atoms with Crippen molar-refractivity contribution in [3.8, 4) is 16.9 Å². The zero-order valence-corrected chi connectivity index (χ0v) is 14.4. The fourth-order valence-electron chi connectivity index (χ4n) is 3.22. The van der Waals surface area contributed by atoms with Gasteiger partial charge < -0.3 is 10.0 Å². The zero-order chi connectivity index (χ0) is 18.1. The maximum atomic E-state index is 12.5. The molecule has 0 bridgehead atoms. The molecule has 26 heavy (non-hydrogen) atoms. The molecule has 2 aromatic heterocycles. The van der Waals surface area contributed by atoms with E-state index in [-0.39, 0.29) is 5.91 Å². The van der Waals surface area contributed by atoms with E-state index in [2.05, 4.69) is 15.2 Å². The number of hydrogen-bond acceptors (Lipinski definition) is 5. The predicted molar refractivity (Wildman–Crippen MR) is 95.9 cm³/mol. The summed E-state index contributed by atoms with van der Waals surface area (Å²) in [5.41, 5.74) is 3.54. The van der Waals surface area contributed by atoms with Crippen molar-refractivity contribution >= 4 is 5.91 Å². The number of carbonyl (C=O) groups excluding carboxylic acids is 1. The average Bonchev–Trinajstić information content (AvgIpc) is 3.33. The van der Waals surface area contributed by atoms with Crippen molar-refractivity contribution < 1.29 is 9.90 Å². The second-order valence-corrected chi connectivity index (χ2v) is 6.44. The lowest BCUT2D eigenvalue weighted by Gasteiger charge is -2.16. The number of carbonyl (C=O) groups is 1. The van der Waals surface area contributed by atoms with Gasteiger partial charge in [0, 0.05) is 29.9 Å². The maximum Gasteiger partial charge on any atom is 0.253 e. The number of pyridine rings is 1. The molecular weight excluding hydrogens is 330 g/mol. The Balaban J connectivity index is 1.56. The smallest absolute Gasteiger partial charge is 0.253 e. The molecule has 3 aromatic rings. The molecule has 1 saturated heterocycles. The summed E-state index contributed by atoms with van der Waals surface area (Å²) in [6.07, 6.45) is 3.46. The first kappa shape index (κ1) is 16.4. The van der Waals surface area contributed by atoms with Crippen molar-refractivity contribution in [3.05, 3.63) is 60.3 Å². The van der Waals surface area contributed by atoms with Gasteiger partial charge in [0.1, 0.15) is 18.5 Å². The Hall–Kier alpha value is -3.06. The van der Waals surface area contributed by atoms with E-state index >= 15 is 0 Å². The van der Waals surface area contributed by atoms with Crippen molar-refractivity contribution in [2.45, 2.75) is 19.4 Å². The molecule has 132 valence electrons. The first-order valence-electron chi connectivity index (χ1n) is 8.52. The summed E-state index contributed by atoms with van der Waals surface area (Å²) < 4.78 is 1.75. The Morgan fingerprint density at radius 2 is 1.85 bits per heavy atom. The van der Waals surface area contributed by atoms with Gasteiger partial charge in [-0.15, -0.1) is 10.2 Å². The van der Waals surface area contributed by atoms with Crippen LogP contribution in [0, 0.1) is 6.92 Å². The lowest BCUT2D eigenvalue weighted by atomic mass is 10.0. The van der Waals surface area contributed by atoms with Crippen LogP contribution in [-0.2, 0) is 0 Å². The number of benzene rings is 1. The van der Waals surface area contributed by atoms with Crippen LogP contribution in [0.2, 0.25) is 0 Å². The van der Waals surface area contributed by atoms with Gasteiger partial charge in [0.05, 0.1) is 6.10 Å². The maximum absolute atomic E-state index is 12.5. The Bertz CT molecular complexity index is 922. The molecule has 1 atom stereocenters. The van der Waals surface area contributed by atoms with E-state index in [1.165, 1.54) is 0 Å². The molecular formula is C19H19N5O2. The highest BCUT2D eigenvalue weighted by molar-refractivity contribution is 5.95. The molecule has 1 aliphatic rings. The SMILES string of the molecule is Cc1nc(-n2cnnc2)ccc1-c1ccc(C(=O)N2CC[C@@H](O)C2)cc1. The summed E-state index contributed by atoms with van der Waals surface area (Å²) in [4.78, 5) is 18.8. The highest BCUT2D eigenvalue weighted by Crippen LogP contribution is 2.24. The number of aryl methyl sites for hydroxylation is 1. The van der Waals surface area contributed by atoms with Crippen LogP contribution in [0.25, 0.3) is 16.9 Å². The fourth-order valence-corrected chi connectivity index (χ4v) is 3.22. The normalized spacial score (nSPS) is 16.8. The van der Waals surface area contributed by atoms with E-state index in [1.54, 1.807) is 22.1 Å². The predicted octanol–water partition coefficient (Wildman–Crippen LogP) is 1.84. The number of aliphatic hydroxyl groups is 1. The molecule has 3 heterocycles. The van der Waals surface area contributed by atoms with Gasteiger partial charge in [-0.3, -0.25) is 9.36 Å². The van der Waals surface area contributed by atoms with Gasteiger partial charge in [0.15, 0.2) is 0 Å². The molecule has 1 N–H and O–H groups in total. The Kier molecular flexibility index (Phi) is 4.22. The minimum absolute atomic E-state index is 0.0362. The fraction of sp³-hybridized carbons (Fsp3) is 0.263. The molecule has 0 spiro atoms. The summed E-state index contributed by atoms with van der Waals surface area (Å²) in [6, 6.07) is 11.4. The summed E-state index contributed by atoms with van der Waals surface area (Å²) in [5.74, 6) is 0.724. The highest BCUT2D eigenvalue weighted by Gasteiger charge is 2.25. The molecule has 7 heteroatoms. The molecule has 0 unspecified atom stereocenters. The van der Waals surface area contributed by atoms with Gasteiger partial charge in [0.2, 0.25) is 0 Å². The highest BCUT2D eigenvalue weighted by atomic mass is 16.3. The molecule has 0 aliphatic carbocycles. The van der Waals surface area contributed by atoms with E-state index in [9.17, 15) is 9.90 Å². The van der Waals surface area contributed by atoms with Gasteiger partial charge in [-0.25, -0.2) is 4.98 Å². The Morgan fingerprint density at radius 3 is 2.46 bits per heavy atom. The standard InChI is InChI=1S/C19H19N5O2/c1-13-17(6-7-18(22-13)24-11-20-21-12-24)14-2-4-15(5-3-14)19(26)23-9-8-16(25)10-23/h2-7,11-12,16,25H,8-10H2,1H3/t16-/m1/s1. The third kappa shape index (κ3) is 3.09. The third-order valence-corrected chi connectivity index (χ3v) is 4.65. The van der Waals surface area contributed by atoms with Crippen molar-refractivity contribution in [3.63, 3.8) is 0 Å². The third-order valence-electron chi connectivity index (χ3n) is 4.65.